The number of fused-ring (bicyclic) bond motifs is 2. The van der Waals surface area contributed by atoms with E-state index in [-0.39, 0.29) is 11.4 Å². The summed E-state index contributed by atoms with van der Waals surface area (Å²) in [4.78, 5) is 32.7. The first-order chi connectivity index (χ1) is 23.4. The van der Waals surface area contributed by atoms with Gasteiger partial charge in [-0.15, -0.1) is 10.2 Å². The number of halogens is 2. The molecular formula is C33H34Br2N10O4. The zero-order valence-corrected chi connectivity index (χ0v) is 30.5. The van der Waals surface area contributed by atoms with Gasteiger partial charge in [-0.2, -0.15) is 0 Å². The number of hydrogen-bond donors (Lipinski definition) is 0. The number of pyridine rings is 2. The Bertz CT molecular complexity index is 2190. The van der Waals surface area contributed by atoms with Crippen molar-refractivity contribution in [2.45, 2.75) is 77.0 Å². The van der Waals surface area contributed by atoms with Crippen LogP contribution in [0.5, 0.6) is 0 Å². The Morgan fingerprint density at radius 2 is 1.18 bits per heavy atom. The second-order valence-corrected chi connectivity index (χ2v) is 15.0. The van der Waals surface area contributed by atoms with Crippen molar-refractivity contribution in [2.75, 3.05) is 7.11 Å². The van der Waals surface area contributed by atoms with Crippen LogP contribution in [0.3, 0.4) is 0 Å². The molecule has 0 amide bonds. The summed E-state index contributed by atoms with van der Waals surface area (Å²) in [7, 11) is 1.32. The van der Waals surface area contributed by atoms with Gasteiger partial charge in [-0.1, -0.05) is 10.4 Å². The number of aromatic nitrogens is 10. The van der Waals surface area contributed by atoms with Gasteiger partial charge in [0.05, 0.1) is 52.9 Å². The van der Waals surface area contributed by atoms with Gasteiger partial charge in [0.2, 0.25) is 0 Å². The van der Waals surface area contributed by atoms with Crippen molar-refractivity contribution in [2.24, 2.45) is 0 Å². The van der Waals surface area contributed by atoms with Crippen LogP contribution in [0.4, 0.5) is 0 Å². The van der Waals surface area contributed by atoms with E-state index in [0.717, 1.165) is 31.6 Å². The van der Waals surface area contributed by atoms with Crippen LogP contribution in [0, 0.1) is 0 Å². The number of nitrogens with zero attached hydrogens (tertiary/aromatic N) is 10. The van der Waals surface area contributed by atoms with Gasteiger partial charge < -0.3 is 18.3 Å². The summed E-state index contributed by atoms with van der Waals surface area (Å²) in [5.74, 6) is 0.381. The van der Waals surface area contributed by atoms with Gasteiger partial charge in [0.25, 0.3) is 0 Å². The predicted molar refractivity (Wildman–Crippen MR) is 184 cm³/mol. The van der Waals surface area contributed by atoms with Gasteiger partial charge in [-0.3, -0.25) is 0 Å². The molecule has 0 unspecified atom stereocenters. The summed E-state index contributed by atoms with van der Waals surface area (Å²) in [6, 6.07) is 4.30. The van der Waals surface area contributed by atoms with E-state index >= 15 is 0 Å². The molecule has 49 heavy (non-hydrogen) atoms. The van der Waals surface area contributed by atoms with E-state index in [2.05, 4.69) is 91.7 Å². The molecule has 8 rings (SSSR count). The number of methoxy groups -OCH3 is 1. The summed E-state index contributed by atoms with van der Waals surface area (Å²) >= 11 is 7.21. The van der Waals surface area contributed by atoms with Crippen LogP contribution in [0.2, 0.25) is 0 Å². The first-order valence-electron chi connectivity index (χ1n) is 15.9. The van der Waals surface area contributed by atoms with E-state index in [9.17, 15) is 9.59 Å². The van der Waals surface area contributed by atoms with Crippen molar-refractivity contribution in [1.29, 1.82) is 0 Å². The fourth-order valence-electron chi connectivity index (χ4n) is 5.39. The van der Waals surface area contributed by atoms with Crippen molar-refractivity contribution < 1.29 is 19.1 Å². The van der Waals surface area contributed by atoms with Crippen LogP contribution in [0.25, 0.3) is 11.3 Å². The molecule has 0 bridgehead atoms. The molecule has 0 atom stereocenters. The lowest BCUT2D eigenvalue weighted by atomic mass is 10.2. The molecule has 0 saturated heterocycles. The molecule has 2 saturated carbocycles. The Labute approximate surface area is 298 Å². The minimum absolute atomic E-state index is 0.188. The number of carbonyl (C=O) groups is 2. The predicted octanol–water partition coefficient (Wildman–Crippen LogP) is 5.97. The second-order valence-electron chi connectivity index (χ2n) is 13.3. The molecule has 0 N–H and O–H groups in total. The van der Waals surface area contributed by atoms with Gasteiger partial charge in [-0.25, -0.2) is 28.9 Å². The third-order valence-corrected chi connectivity index (χ3v) is 9.15. The van der Waals surface area contributed by atoms with Crippen LogP contribution in [0.1, 0.15) is 102 Å². The SMILES string of the molecule is CC(C)(C)OC(=O)c1cn(Cc2cn3cc(C4CC4)cc(Br)c3n2)nn1.COC(=O)c1cn(Cc2cn3cc(C4CC4)cc(Br)c3n2)nn1. The smallest absolute Gasteiger partial charge is 0.361 e. The molecule has 6 heterocycles. The topological polar surface area (TPSA) is 149 Å². The first kappa shape index (κ1) is 33.1. The number of imidazole rings is 2. The molecule has 0 aliphatic heterocycles. The molecular weight excluding hydrogens is 760 g/mol. The fraction of sp³-hybridized carbons (Fsp3) is 0.394. The average Bonchev–Trinajstić information content (AvgIpc) is 3.88. The highest BCUT2D eigenvalue weighted by atomic mass is 79.9. The van der Waals surface area contributed by atoms with E-state index < -0.39 is 17.5 Å². The van der Waals surface area contributed by atoms with Crippen molar-refractivity contribution in [3.63, 3.8) is 0 Å². The van der Waals surface area contributed by atoms with Gasteiger partial charge in [0.1, 0.15) is 5.60 Å². The van der Waals surface area contributed by atoms with Crippen molar-refractivity contribution in [3.8, 4) is 0 Å². The molecule has 0 radical (unpaired) electrons. The van der Waals surface area contributed by atoms with E-state index in [4.69, 9.17) is 4.74 Å². The Morgan fingerprint density at radius 1 is 0.735 bits per heavy atom. The number of rotatable bonds is 8. The van der Waals surface area contributed by atoms with Gasteiger partial charge in [0.15, 0.2) is 22.7 Å². The quantitative estimate of drug-likeness (QED) is 0.169. The van der Waals surface area contributed by atoms with E-state index in [0.29, 0.717) is 24.9 Å². The number of hydrogen-bond acceptors (Lipinski definition) is 10. The van der Waals surface area contributed by atoms with Crippen LogP contribution in [-0.2, 0) is 22.6 Å². The lowest BCUT2D eigenvalue weighted by Gasteiger charge is -2.18. The molecule has 6 aromatic rings. The standard InChI is InChI=1S/C18H20BrN5O2.C15H14BrN5O2/c1-18(2,3)26-17(25)15-10-24(22-21-15)9-13-8-23-7-12(11-4-5-11)6-14(19)16(23)20-13;1-23-15(22)13-8-21(19-18-13)7-11-6-20-5-10(9-2-3-9)4-12(16)14(20)17-11/h6-8,10-11H,4-5,9H2,1-3H3;4-6,8-9H,2-3,7H2,1H3. The summed E-state index contributed by atoms with van der Waals surface area (Å²) in [6.07, 6.45) is 16.4. The summed E-state index contributed by atoms with van der Waals surface area (Å²) < 4.78 is 19.2. The molecule has 0 aromatic carbocycles. The van der Waals surface area contributed by atoms with E-state index in [1.165, 1.54) is 43.9 Å². The van der Waals surface area contributed by atoms with Gasteiger partial charge >= 0.3 is 11.9 Å². The number of ether oxygens (including phenoxy) is 2. The minimum atomic E-state index is -0.562. The van der Waals surface area contributed by atoms with Crippen LogP contribution in [-0.4, -0.2) is 73.4 Å². The average molecular weight is 795 g/mol. The highest BCUT2D eigenvalue weighted by molar-refractivity contribution is 9.11. The third kappa shape index (κ3) is 7.75. The lowest BCUT2D eigenvalue weighted by molar-refractivity contribution is 0.00624. The molecule has 2 aliphatic rings. The van der Waals surface area contributed by atoms with Gasteiger partial charge in [-0.05, 0) is 113 Å². The summed E-state index contributed by atoms with van der Waals surface area (Å²) in [6.45, 7) is 6.33. The van der Waals surface area contributed by atoms with Crippen molar-refractivity contribution in [3.05, 3.63) is 92.2 Å². The number of carbonyl (C=O) groups excluding carboxylic acids is 2. The first-order valence-corrected chi connectivity index (χ1v) is 17.5. The van der Waals surface area contributed by atoms with Crippen molar-refractivity contribution in [1.82, 2.24) is 48.8 Å². The zero-order chi connectivity index (χ0) is 34.4. The van der Waals surface area contributed by atoms with Crippen LogP contribution < -0.4 is 0 Å². The lowest BCUT2D eigenvalue weighted by Crippen LogP contribution is -2.24. The maximum absolute atomic E-state index is 12.1. The number of esters is 2. The van der Waals surface area contributed by atoms with Crippen LogP contribution in [0.15, 0.2) is 58.3 Å². The molecule has 14 nitrogen and oxygen atoms in total. The second kappa shape index (κ2) is 13.1. The van der Waals surface area contributed by atoms with E-state index in [1.807, 2.05) is 42.0 Å². The summed E-state index contributed by atoms with van der Waals surface area (Å²) in [5.41, 5.74) is 5.93. The maximum Gasteiger partial charge on any atom is 0.361 e. The Morgan fingerprint density at radius 3 is 1.59 bits per heavy atom. The van der Waals surface area contributed by atoms with Gasteiger partial charge in [0, 0.05) is 24.8 Å². The monoisotopic (exact) mass is 792 g/mol. The molecule has 0 spiro atoms. The zero-order valence-electron chi connectivity index (χ0n) is 27.4. The molecule has 2 aliphatic carbocycles. The molecule has 16 heteroatoms. The molecule has 2 fully saturated rings. The molecule has 254 valence electrons. The normalized spacial score (nSPS) is 14.6. The molecule has 6 aromatic heterocycles. The summed E-state index contributed by atoms with van der Waals surface area (Å²) in [5, 5.41) is 15.7. The Hall–Kier alpha value is -4.44. The Balaban J connectivity index is 0.000000155. The fourth-order valence-corrected chi connectivity index (χ4v) is 6.51. The third-order valence-electron chi connectivity index (χ3n) is 7.98. The minimum Gasteiger partial charge on any atom is -0.464 e. The van der Waals surface area contributed by atoms with Crippen molar-refractivity contribution >= 4 is 55.1 Å². The Kier molecular flexibility index (Phi) is 8.85. The maximum atomic E-state index is 12.1. The largest absolute Gasteiger partial charge is 0.464 e. The van der Waals surface area contributed by atoms with Crippen LogP contribution >= 0.6 is 31.9 Å². The highest BCUT2D eigenvalue weighted by Gasteiger charge is 2.26. The highest BCUT2D eigenvalue weighted by Crippen LogP contribution is 2.42. The van der Waals surface area contributed by atoms with E-state index in [1.54, 1.807) is 21.8 Å².